The van der Waals surface area contributed by atoms with Crippen LogP contribution in [0, 0.1) is 0 Å². The number of nitrogens with zero attached hydrogens (tertiary/aromatic N) is 2. The highest BCUT2D eigenvalue weighted by molar-refractivity contribution is 14.0. The number of rotatable bonds is 5. The van der Waals surface area contributed by atoms with Crippen LogP contribution in [-0.4, -0.2) is 18.0 Å². The van der Waals surface area contributed by atoms with Crippen molar-refractivity contribution in [1.29, 1.82) is 0 Å². The van der Waals surface area contributed by atoms with Gasteiger partial charge in [0.2, 0.25) is 5.89 Å². The first-order valence-electron chi connectivity index (χ1n) is 8.56. The van der Waals surface area contributed by atoms with E-state index in [1.54, 1.807) is 19.4 Å². The Morgan fingerprint density at radius 1 is 1.03 bits per heavy atom. The van der Waals surface area contributed by atoms with Crippen LogP contribution < -0.4 is 10.6 Å². The summed E-state index contributed by atoms with van der Waals surface area (Å²) in [5, 5.41) is 6.05. The Bertz CT molecular complexity index is 942. The van der Waals surface area contributed by atoms with E-state index in [1.807, 2.05) is 30.3 Å². The first kappa shape index (κ1) is 22.7. The fourth-order valence-corrected chi connectivity index (χ4v) is 2.54. The molecule has 2 aromatic carbocycles. The highest BCUT2D eigenvalue weighted by Crippen LogP contribution is 2.29. The Morgan fingerprint density at radius 2 is 1.76 bits per heavy atom. The number of aliphatic imine (C=N–C) groups is 1. The number of guanidine groups is 1. The third kappa shape index (κ3) is 6.48. The monoisotopic (exact) mass is 516 g/mol. The predicted octanol–water partition coefficient (Wildman–Crippen LogP) is 4.84. The van der Waals surface area contributed by atoms with Crippen molar-refractivity contribution in [1.82, 2.24) is 15.6 Å². The zero-order chi connectivity index (χ0) is 20.0. The van der Waals surface area contributed by atoms with Crippen molar-refractivity contribution < 1.29 is 17.6 Å². The summed E-state index contributed by atoms with van der Waals surface area (Å²) >= 11 is 0. The maximum Gasteiger partial charge on any atom is 0.416 e. The lowest BCUT2D eigenvalue weighted by Gasteiger charge is -2.12. The molecule has 0 atom stereocenters. The molecule has 9 heteroatoms. The molecule has 1 heterocycles. The molecule has 0 aliphatic rings. The van der Waals surface area contributed by atoms with Gasteiger partial charge in [0.05, 0.1) is 17.8 Å². The van der Waals surface area contributed by atoms with Gasteiger partial charge in [-0.15, -0.1) is 24.0 Å². The van der Waals surface area contributed by atoms with E-state index >= 15 is 0 Å². The second kappa shape index (κ2) is 10.3. The molecular formula is C20H20F3IN4O. The Hall–Kier alpha value is -2.56. The number of aromatic nitrogens is 1. The van der Waals surface area contributed by atoms with E-state index in [0.717, 1.165) is 17.7 Å². The average molecular weight is 516 g/mol. The smallest absolute Gasteiger partial charge is 0.416 e. The van der Waals surface area contributed by atoms with Crippen molar-refractivity contribution in [3.05, 3.63) is 77.7 Å². The van der Waals surface area contributed by atoms with E-state index in [0.29, 0.717) is 29.7 Å². The van der Waals surface area contributed by atoms with Gasteiger partial charge in [0, 0.05) is 19.2 Å². The Labute approximate surface area is 183 Å². The summed E-state index contributed by atoms with van der Waals surface area (Å²) in [6.45, 7) is 0.566. The second-order valence-corrected chi connectivity index (χ2v) is 5.99. The van der Waals surface area contributed by atoms with Crippen molar-refractivity contribution in [3.63, 3.8) is 0 Å². The summed E-state index contributed by atoms with van der Waals surface area (Å²) in [5.74, 6) is 0.964. The van der Waals surface area contributed by atoms with Crippen LogP contribution in [0.25, 0.3) is 11.5 Å². The van der Waals surface area contributed by atoms with Crippen LogP contribution in [0.2, 0.25) is 0 Å². The van der Waals surface area contributed by atoms with Gasteiger partial charge in [-0.3, -0.25) is 4.99 Å². The molecule has 1 aromatic heterocycles. The topological polar surface area (TPSA) is 62.5 Å². The number of benzene rings is 2. The van der Waals surface area contributed by atoms with E-state index in [2.05, 4.69) is 20.6 Å². The molecule has 0 bridgehead atoms. The van der Waals surface area contributed by atoms with Gasteiger partial charge < -0.3 is 15.1 Å². The maximum absolute atomic E-state index is 12.8. The number of hydrogen-bond acceptors (Lipinski definition) is 3. The lowest BCUT2D eigenvalue weighted by molar-refractivity contribution is -0.137. The molecule has 154 valence electrons. The van der Waals surface area contributed by atoms with Crippen LogP contribution in [0.5, 0.6) is 0 Å². The molecule has 0 spiro atoms. The predicted molar refractivity (Wildman–Crippen MR) is 116 cm³/mol. The molecule has 0 radical (unpaired) electrons. The van der Waals surface area contributed by atoms with Crippen LogP contribution in [0.4, 0.5) is 13.2 Å². The van der Waals surface area contributed by atoms with Gasteiger partial charge in [0.25, 0.3) is 0 Å². The SMILES string of the molecule is CN=C(NCc1cccc(C(F)(F)F)c1)NCc1coc(-c2ccccc2)n1.I. The fraction of sp³-hybridized carbons (Fsp3) is 0.200. The normalized spacial score (nSPS) is 11.7. The minimum atomic E-state index is -4.36. The molecule has 3 aromatic rings. The van der Waals surface area contributed by atoms with Crippen LogP contribution in [0.3, 0.4) is 0 Å². The van der Waals surface area contributed by atoms with Crippen LogP contribution >= 0.6 is 24.0 Å². The molecule has 0 fully saturated rings. The number of hydrogen-bond donors (Lipinski definition) is 2. The Kier molecular flexibility index (Phi) is 8.06. The molecule has 29 heavy (non-hydrogen) atoms. The Morgan fingerprint density at radius 3 is 2.45 bits per heavy atom. The van der Waals surface area contributed by atoms with Crippen LogP contribution in [0.1, 0.15) is 16.8 Å². The van der Waals surface area contributed by atoms with Gasteiger partial charge >= 0.3 is 6.18 Å². The third-order valence-corrected chi connectivity index (χ3v) is 3.95. The number of alkyl halides is 3. The van der Waals surface area contributed by atoms with Gasteiger partial charge in [-0.1, -0.05) is 30.3 Å². The molecular weight excluding hydrogens is 496 g/mol. The van der Waals surface area contributed by atoms with E-state index in [1.165, 1.54) is 6.07 Å². The van der Waals surface area contributed by atoms with Gasteiger partial charge in [-0.05, 0) is 29.8 Å². The fourth-order valence-electron chi connectivity index (χ4n) is 2.54. The summed E-state index contributed by atoms with van der Waals surface area (Å²) in [4.78, 5) is 8.47. The van der Waals surface area contributed by atoms with Crippen molar-refractivity contribution in [2.24, 2.45) is 4.99 Å². The first-order valence-corrected chi connectivity index (χ1v) is 8.56. The van der Waals surface area contributed by atoms with Gasteiger partial charge in [0.15, 0.2) is 5.96 Å². The summed E-state index contributed by atoms with van der Waals surface area (Å²) < 4.78 is 43.9. The number of nitrogens with one attached hydrogen (secondary N) is 2. The molecule has 0 saturated carbocycles. The molecule has 2 N–H and O–H groups in total. The zero-order valence-electron chi connectivity index (χ0n) is 15.5. The zero-order valence-corrected chi connectivity index (χ0v) is 17.9. The van der Waals surface area contributed by atoms with Crippen molar-refractivity contribution in [2.75, 3.05) is 7.05 Å². The molecule has 0 aliphatic carbocycles. The first-order chi connectivity index (χ1) is 13.5. The molecule has 0 saturated heterocycles. The molecule has 5 nitrogen and oxygen atoms in total. The molecule has 0 unspecified atom stereocenters. The number of halogens is 4. The summed E-state index contributed by atoms with van der Waals surface area (Å²) in [5.41, 5.74) is 1.39. The van der Waals surface area contributed by atoms with Crippen LogP contribution in [0.15, 0.2) is 70.3 Å². The lowest BCUT2D eigenvalue weighted by Crippen LogP contribution is -2.36. The lowest BCUT2D eigenvalue weighted by atomic mass is 10.1. The molecule has 0 amide bonds. The minimum absolute atomic E-state index is 0. The van der Waals surface area contributed by atoms with Crippen molar-refractivity contribution >= 4 is 29.9 Å². The quantitative estimate of drug-likeness (QED) is 0.290. The second-order valence-electron chi connectivity index (χ2n) is 5.99. The largest absolute Gasteiger partial charge is 0.444 e. The van der Waals surface area contributed by atoms with Gasteiger partial charge in [0.1, 0.15) is 6.26 Å². The van der Waals surface area contributed by atoms with Crippen molar-refractivity contribution in [3.8, 4) is 11.5 Å². The van der Waals surface area contributed by atoms with Gasteiger partial charge in [-0.25, -0.2) is 4.98 Å². The highest BCUT2D eigenvalue weighted by Gasteiger charge is 2.30. The highest BCUT2D eigenvalue weighted by atomic mass is 127. The summed E-state index contributed by atoms with van der Waals surface area (Å²) in [6, 6.07) is 14.7. The van der Waals surface area contributed by atoms with Crippen LogP contribution in [-0.2, 0) is 19.3 Å². The third-order valence-electron chi connectivity index (χ3n) is 3.95. The van der Waals surface area contributed by atoms with E-state index < -0.39 is 11.7 Å². The molecule has 0 aliphatic heterocycles. The maximum atomic E-state index is 12.8. The van der Waals surface area contributed by atoms with E-state index in [-0.39, 0.29) is 30.5 Å². The average Bonchev–Trinajstić information content (AvgIpc) is 3.17. The summed E-state index contributed by atoms with van der Waals surface area (Å²) in [7, 11) is 1.58. The summed E-state index contributed by atoms with van der Waals surface area (Å²) in [6.07, 6.45) is -2.81. The minimum Gasteiger partial charge on any atom is -0.444 e. The number of oxazole rings is 1. The Balaban J connectivity index is 0.00000300. The standard InChI is InChI=1S/C20H19F3N4O.HI/c1-24-19(25-11-14-6-5-9-16(10-14)20(21,22)23)26-12-17-13-28-18(27-17)15-7-3-2-4-8-15;/h2-10,13H,11-12H2,1H3,(H2,24,25,26);1H. The van der Waals surface area contributed by atoms with Gasteiger partial charge in [-0.2, -0.15) is 13.2 Å². The van der Waals surface area contributed by atoms with Crippen molar-refractivity contribution in [2.45, 2.75) is 19.3 Å². The van der Waals surface area contributed by atoms with E-state index in [4.69, 9.17) is 4.42 Å². The van der Waals surface area contributed by atoms with E-state index in [9.17, 15) is 13.2 Å². The molecule has 3 rings (SSSR count).